The number of ether oxygens (including phenoxy) is 1. The van der Waals surface area contributed by atoms with Gasteiger partial charge in [-0.05, 0) is 62.6 Å². The van der Waals surface area contributed by atoms with Crippen molar-refractivity contribution >= 4 is 19.2 Å². The average Bonchev–Trinajstić information content (AvgIpc) is 2.72. The van der Waals surface area contributed by atoms with Crippen LogP contribution in [-0.2, 0) is 20.0 Å². The van der Waals surface area contributed by atoms with Crippen molar-refractivity contribution in [3.63, 3.8) is 0 Å². The highest BCUT2D eigenvalue weighted by Crippen LogP contribution is 2.47. The molecule has 2 rings (SSSR count). The number of aliphatic hydroxyl groups is 1. The molecule has 0 saturated heterocycles. The van der Waals surface area contributed by atoms with Gasteiger partial charge >= 0.3 is 7.60 Å². The van der Waals surface area contributed by atoms with Gasteiger partial charge < -0.3 is 24.2 Å². The predicted molar refractivity (Wildman–Crippen MR) is 120 cm³/mol. The topological polar surface area (TPSA) is 77.0 Å². The molecule has 2 unspecified atom stereocenters. The standard InChI is InChI=1S/C22H31ClNO5P/c1-4-28-30(26,29-5-2)16-27-21-11-9-18(10-12-21)13-17(3)24-15-22(25)19-7-6-8-20(23)14-19/h6-12,14,17,22,24-25H,4-5,13,15-16H2,1-3H3. The zero-order valence-corrected chi connectivity index (χ0v) is 19.4. The Morgan fingerprint density at radius 1 is 1.10 bits per heavy atom. The first-order valence-corrected chi connectivity index (χ1v) is 12.2. The summed E-state index contributed by atoms with van der Waals surface area (Å²) in [5, 5.41) is 14.3. The summed E-state index contributed by atoms with van der Waals surface area (Å²) in [4.78, 5) is 0. The van der Waals surface area contributed by atoms with E-state index in [-0.39, 0.29) is 12.4 Å². The van der Waals surface area contributed by atoms with Crippen molar-refractivity contribution < 1.29 is 23.5 Å². The molecule has 0 saturated carbocycles. The van der Waals surface area contributed by atoms with E-state index in [4.69, 9.17) is 25.4 Å². The van der Waals surface area contributed by atoms with E-state index in [0.29, 0.717) is 30.5 Å². The maximum Gasteiger partial charge on any atom is 0.367 e. The molecule has 0 radical (unpaired) electrons. The van der Waals surface area contributed by atoms with Crippen LogP contribution >= 0.6 is 19.2 Å². The Morgan fingerprint density at radius 3 is 2.37 bits per heavy atom. The summed E-state index contributed by atoms with van der Waals surface area (Å²) in [5.41, 5.74) is 1.91. The lowest BCUT2D eigenvalue weighted by atomic mass is 10.1. The second-order valence-corrected chi connectivity index (χ2v) is 9.38. The molecule has 8 heteroatoms. The molecule has 6 nitrogen and oxygen atoms in total. The summed E-state index contributed by atoms with van der Waals surface area (Å²) < 4.78 is 28.5. The Balaban J connectivity index is 1.81. The molecule has 2 aromatic rings. The minimum absolute atomic E-state index is 0.118. The highest BCUT2D eigenvalue weighted by molar-refractivity contribution is 7.53. The van der Waals surface area contributed by atoms with Gasteiger partial charge in [-0.3, -0.25) is 4.57 Å². The highest BCUT2D eigenvalue weighted by Gasteiger charge is 2.24. The van der Waals surface area contributed by atoms with Crippen molar-refractivity contribution in [2.24, 2.45) is 0 Å². The molecule has 0 fully saturated rings. The van der Waals surface area contributed by atoms with Gasteiger partial charge in [0.15, 0.2) is 6.35 Å². The quantitative estimate of drug-likeness (QED) is 0.404. The number of rotatable bonds is 13. The van der Waals surface area contributed by atoms with Gasteiger partial charge in [0.25, 0.3) is 0 Å². The Hall–Kier alpha value is -1.40. The molecule has 2 N–H and O–H groups in total. The maximum absolute atomic E-state index is 12.4. The summed E-state index contributed by atoms with van der Waals surface area (Å²) in [6.07, 6.45) is 0.0556. The van der Waals surface area contributed by atoms with Gasteiger partial charge in [-0.2, -0.15) is 0 Å². The van der Waals surface area contributed by atoms with Crippen LogP contribution in [0.5, 0.6) is 5.75 Å². The Kier molecular flexibility index (Phi) is 10.3. The summed E-state index contributed by atoms with van der Waals surface area (Å²) in [6, 6.07) is 15.0. The van der Waals surface area contributed by atoms with E-state index in [1.165, 1.54) is 0 Å². The van der Waals surface area contributed by atoms with Crippen molar-refractivity contribution in [2.75, 3.05) is 26.1 Å². The molecule has 0 bridgehead atoms. The highest BCUT2D eigenvalue weighted by atomic mass is 35.5. The fourth-order valence-corrected chi connectivity index (χ4v) is 4.47. The predicted octanol–water partition coefficient (Wildman–Crippen LogP) is 5.20. The smallest absolute Gasteiger partial charge is 0.367 e. The molecule has 0 heterocycles. The molecule has 0 amide bonds. The first kappa shape index (κ1) is 24.9. The van der Waals surface area contributed by atoms with Gasteiger partial charge in [-0.15, -0.1) is 0 Å². The Morgan fingerprint density at radius 2 is 1.77 bits per heavy atom. The zero-order valence-electron chi connectivity index (χ0n) is 17.7. The number of hydrogen-bond donors (Lipinski definition) is 2. The van der Waals surface area contributed by atoms with E-state index in [9.17, 15) is 9.67 Å². The molecule has 0 aliphatic rings. The van der Waals surface area contributed by atoms with Crippen molar-refractivity contribution in [2.45, 2.75) is 39.3 Å². The Labute approximate surface area is 184 Å². The SMILES string of the molecule is CCOP(=O)(COc1ccc(CC(C)NCC(O)c2cccc(Cl)c2)cc1)OCC. The third kappa shape index (κ3) is 8.38. The third-order valence-electron chi connectivity index (χ3n) is 4.40. The number of aliphatic hydroxyl groups excluding tert-OH is 1. The third-order valence-corrected chi connectivity index (χ3v) is 6.38. The van der Waals surface area contributed by atoms with Crippen molar-refractivity contribution in [3.05, 3.63) is 64.7 Å². The van der Waals surface area contributed by atoms with Crippen LogP contribution in [0.3, 0.4) is 0 Å². The lowest BCUT2D eigenvalue weighted by molar-refractivity contribution is 0.170. The summed E-state index contributed by atoms with van der Waals surface area (Å²) >= 11 is 5.98. The van der Waals surface area contributed by atoms with Crippen LogP contribution in [0.25, 0.3) is 0 Å². The van der Waals surface area contributed by atoms with Crippen molar-refractivity contribution in [1.29, 1.82) is 0 Å². The molecule has 0 spiro atoms. The van der Waals surface area contributed by atoms with E-state index >= 15 is 0 Å². The van der Waals surface area contributed by atoms with Crippen LogP contribution in [0.1, 0.15) is 38.0 Å². The Bertz CT molecular complexity index is 807. The largest absolute Gasteiger partial charge is 0.481 e. The van der Waals surface area contributed by atoms with Gasteiger partial charge in [0, 0.05) is 17.6 Å². The van der Waals surface area contributed by atoms with E-state index in [2.05, 4.69) is 12.2 Å². The molecular formula is C22H31ClNO5P. The van der Waals surface area contributed by atoms with Gasteiger partial charge in [0.05, 0.1) is 19.3 Å². The van der Waals surface area contributed by atoms with Crippen LogP contribution in [0.4, 0.5) is 0 Å². The number of halogens is 1. The first-order valence-electron chi connectivity index (χ1n) is 10.1. The van der Waals surface area contributed by atoms with Crippen molar-refractivity contribution in [3.8, 4) is 5.75 Å². The molecule has 2 aromatic carbocycles. The molecule has 2 atom stereocenters. The number of nitrogens with one attached hydrogen (secondary N) is 1. The van der Waals surface area contributed by atoms with E-state index in [1.807, 2.05) is 36.4 Å². The summed E-state index contributed by atoms with van der Waals surface area (Å²) in [6.45, 7) is 6.64. The first-order chi connectivity index (χ1) is 14.3. The molecular weight excluding hydrogens is 425 g/mol. The maximum atomic E-state index is 12.4. The van der Waals surface area contributed by atoms with Crippen LogP contribution in [0.15, 0.2) is 48.5 Å². The zero-order chi connectivity index (χ0) is 22.0. The normalized spacial score (nSPS) is 13.8. The summed E-state index contributed by atoms with van der Waals surface area (Å²) in [7, 11) is -3.23. The van der Waals surface area contributed by atoms with E-state index < -0.39 is 13.7 Å². The molecule has 0 aromatic heterocycles. The number of benzene rings is 2. The van der Waals surface area contributed by atoms with Gasteiger partial charge in [-0.25, -0.2) is 0 Å². The monoisotopic (exact) mass is 455 g/mol. The molecule has 166 valence electrons. The van der Waals surface area contributed by atoms with Crippen LogP contribution in [-0.4, -0.2) is 37.3 Å². The van der Waals surface area contributed by atoms with Crippen molar-refractivity contribution in [1.82, 2.24) is 5.32 Å². The lowest BCUT2D eigenvalue weighted by Crippen LogP contribution is -2.32. The van der Waals surface area contributed by atoms with Gasteiger partial charge in [0.2, 0.25) is 0 Å². The minimum Gasteiger partial charge on any atom is -0.481 e. The van der Waals surface area contributed by atoms with Crippen LogP contribution in [0.2, 0.25) is 5.02 Å². The number of hydrogen-bond acceptors (Lipinski definition) is 6. The lowest BCUT2D eigenvalue weighted by Gasteiger charge is -2.18. The summed E-state index contributed by atoms with van der Waals surface area (Å²) in [5.74, 6) is 0.607. The minimum atomic E-state index is -3.23. The van der Waals surface area contributed by atoms with Crippen LogP contribution in [0, 0.1) is 0 Å². The molecule has 30 heavy (non-hydrogen) atoms. The van der Waals surface area contributed by atoms with Crippen LogP contribution < -0.4 is 10.1 Å². The molecule has 0 aliphatic carbocycles. The van der Waals surface area contributed by atoms with Gasteiger partial charge in [-0.1, -0.05) is 35.9 Å². The fourth-order valence-electron chi connectivity index (χ4n) is 2.95. The fraction of sp³-hybridized carbons (Fsp3) is 0.455. The second kappa shape index (κ2) is 12.5. The second-order valence-electron chi connectivity index (χ2n) is 6.95. The van der Waals surface area contributed by atoms with E-state index in [0.717, 1.165) is 17.5 Å². The average molecular weight is 456 g/mol. The molecule has 0 aliphatic heterocycles. The van der Waals surface area contributed by atoms with E-state index in [1.54, 1.807) is 26.0 Å². The van der Waals surface area contributed by atoms with Gasteiger partial charge in [0.1, 0.15) is 5.75 Å².